The molecule has 1 amide bonds. The number of aliphatic hydroxyl groups is 3. The van der Waals surface area contributed by atoms with E-state index in [9.17, 15) is 34.8 Å². The first-order valence-electron chi connectivity index (χ1n) is 10.6. The van der Waals surface area contributed by atoms with Gasteiger partial charge in [0.05, 0.1) is 15.2 Å². The van der Waals surface area contributed by atoms with E-state index in [2.05, 4.69) is 0 Å². The number of hydrogen-bond donors (Lipinski definition) is 5. The highest BCUT2D eigenvalue weighted by molar-refractivity contribution is 14.1. The molecule has 3 aliphatic carbocycles. The minimum atomic E-state index is -2.62. The summed E-state index contributed by atoms with van der Waals surface area (Å²) in [5, 5.41) is 44.2. The topological polar surface area (TPSA) is 161 Å². The Morgan fingerprint density at radius 3 is 2.45 bits per heavy atom. The largest absolute Gasteiger partial charge is 0.510 e. The normalized spacial score (nSPS) is 29.2. The van der Waals surface area contributed by atoms with E-state index in [1.54, 1.807) is 14.1 Å². The number of fused-ring (bicyclic) bond motifs is 3. The lowest BCUT2D eigenvalue weighted by molar-refractivity contribution is -0.148. The van der Waals surface area contributed by atoms with Gasteiger partial charge in [-0.1, -0.05) is 6.92 Å². The average molecular weight is 568 g/mol. The molecule has 0 spiro atoms. The molecule has 0 saturated heterocycles. The van der Waals surface area contributed by atoms with E-state index in [0.717, 1.165) is 5.56 Å². The van der Waals surface area contributed by atoms with Crippen LogP contribution in [0, 0.1) is 15.4 Å². The fraction of sp³-hybridized carbons (Fsp3) is 0.435. The number of nitrogens with two attached hydrogens (primary N) is 1. The Kier molecular flexibility index (Phi) is 5.61. The van der Waals surface area contributed by atoms with Crippen LogP contribution in [0.2, 0.25) is 0 Å². The predicted molar refractivity (Wildman–Crippen MR) is 126 cm³/mol. The Bertz CT molecular complexity index is 1190. The van der Waals surface area contributed by atoms with Crippen molar-refractivity contribution in [2.75, 3.05) is 14.1 Å². The molecule has 0 unspecified atom stereocenters. The van der Waals surface area contributed by atoms with Crippen LogP contribution in [-0.4, -0.2) is 68.5 Å². The number of likely N-dealkylation sites (N-methyl/N-ethyl adjacent to an activating group) is 1. The van der Waals surface area contributed by atoms with Crippen LogP contribution in [-0.2, 0) is 22.4 Å². The number of carbonyl (C=O) groups excluding carboxylic acids is 3. The summed E-state index contributed by atoms with van der Waals surface area (Å²) in [5.74, 6) is -6.35. The first-order valence-corrected chi connectivity index (χ1v) is 11.6. The van der Waals surface area contributed by atoms with E-state index in [-0.39, 0.29) is 23.3 Å². The van der Waals surface area contributed by atoms with Crippen LogP contribution in [0.5, 0.6) is 5.75 Å². The Morgan fingerprint density at radius 1 is 1.27 bits per heavy atom. The fourth-order valence-corrected chi connectivity index (χ4v) is 6.32. The molecule has 6 N–H and O–H groups in total. The van der Waals surface area contributed by atoms with Gasteiger partial charge in [-0.15, -0.1) is 0 Å². The Hall–Kier alpha value is -2.44. The van der Waals surface area contributed by atoms with Crippen LogP contribution < -0.4 is 5.73 Å². The Morgan fingerprint density at radius 2 is 1.91 bits per heavy atom. The minimum absolute atomic E-state index is 0.0551. The molecule has 0 bridgehead atoms. The average Bonchev–Trinajstić information content (AvgIpc) is 2.72. The Balaban J connectivity index is 1.99. The summed E-state index contributed by atoms with van der Waals surface area (Å²) < 4.78 is 0.479. The lowest BCUT2D eigenvalue weighted by Crippen LogP contribution is -2.63. The van der Waals surface area contributed by atoms with Gasteiger partial charge in [-0.25, -0.2) is 0 Å². The molecule has 0 fully saturated rings. The number of carbonyl (C=O) groups is 3. The maximum absolute atomic E-state index is 13.6. The number of phenolic OH excluding ortho intramolecular Hbond substituents is 1. The molecule has 0 aliphatic heterocycles. The van der Waals surface area contributed by atoms with Crippen LogP contribution in [0.1, 0.15) is 34.8 Å². The van der Waals surface area contributed by atoms with Crippen molar-refractivity contribution in [1.29, 1.82) is 0 Å². The van der Waals surface area contributed by atoms with Crippen LogP contribution in [0.4, 0.5) is 0 Å². The first kappa shape index (κ1) is 23.7. The van der Waals surface area contributed by atoms with E-state index in [0.29, 0.717) is 22.0 Å². The molecule has 9 nitrogen and oxygen atoms in total. The molecule has 0 heterocycles. The highest BCUT2D eigenvalue weighted by Crippen LogP contribution is 2.52. The number of hydrogen-bond acceptors (Lipinski definition) is 8. The lowest BCUT2D eigenvalue weighted by atomic mass is 9.58. The maximum atomic E-state index is 13.6. The zero-order valence-electron chi connectivity index (χ0n) is 18.3. The predicted octanol–water partition coefficient (Wildman–Crippen LogP) is 1.29. The minimum Gasteiger partial charge on any atom is -0.510 e. The van der Waals surface area contributed by atoms with Crippen molar-refractivity contribution in [3.63, 3.8) is 0 Å². The van der Waals surface area contributed by atoms with Gasteiger partial charge in [-0.05, 0) is 79.1 Å². The van der Waals surface area contributed by atoms with Crippen molar-refractivity contribution in [1.82, 2.24) is 4.90 Å². The highest BCUT2D eigenvalue weighted by Gasteiger charge is 2.63. The summed E-state index contributed by atoms with van der Waals surface area (Å²) in [6.07, 6.45) is 1.02. The van der Waals surface area contributed by atoms with Gasteiger partial charge >= 0.3 is 0 Å². The molecule has 176 valence electrons. The van der Waals surface area contributed by atoms with Gasteiger partial charge in [0.2, 0.25) is 5.78 Å². The number of halogens is 1. The summed E-state index contributed by atoms with van der Waals surface area (Å²) in [5.41, 5.74) is 3.37. The van der Waals surface area contributed by atoms with Crippen molar-refractivity contribution < 1.29 is 34.8 Å². The summed E-state index contributed by atoms with van der Waals surface area (Å²) in [7, 11) is 3.20. The number of benzene rings is 1. The van der Waals surface area contributed by atoms with E-state index < -0.39 is 58.0 Å². The van der Waals surface area contributed by atoms with Gasteiger partial charge in [0.15, 0.2) is 11.4 Å². The molecule has 3 aliphatic rings. The molecule has 33 heavy (non-hydrogen) atoms. The van der Waals surface area contributed by atoms with E-state index in [1.165, 1.54) is 4.90 Å². The van der Waals surface area contributed by atoms with Crippen molar-refractivity contribution in [2.24, 2.45) is 17.6 Å². The second-order valence-electron chi connectivity index (χ2n) is 9.04. The third-order valence-electron chi connectivity index (χ3n) is 7.15. The maximum Gasteiger partial charge on any atom is 0.255 e. The second kappa shape index (κ2) is 7.81. The van der Waals surface area contributed by atoms with Crippen molar-refractivity contribution >= 4 is 40.1 Å². The monoisotopic (exact) mass is 568 g/mol. The highest BCUT2D eigenvalue weighted by atomic mass is 127. The van der Waals surface area contributed by atoms with Gasteiger partial charge in [0.1, 0.15) is 22.8 Å². The molecule has 0 radical (unpaired) electrons. The zero-order valence-corrected chi connectivity index (χ0v) is 20.5. The number of ketones is 2. The number of nitrogens with zero attached hydrogens (tertiary/aromatic N) is 1. The summed E-state index contributed by atoms with van der Waals surface area (Å²) in [4.78, 5) is 40.3. The number of rotatable bonds is 3. The van der Waals surface area contributed by atoms with Crippen LogP contribution in [0.15, 0.2) is 28.7 Å². The Labute approximate surface area is 203 Å². The number of allylic oxidation sites excluding steroid dienone is 1. The SMILES string of the molecule is CCc1cc(I)c(O)c2c1C[C@@H]1C[C@@H]3[C@@H](N(C)C)C(O)=C(C(N)=O)C(=O)[C@]3(O)C(O)=C1C2=O. The van der Waals surface area contributed by atoms with Crippen molar-refractivity contribution in [2.45, 2.75) is 37.8 Å². The summed E-state index contributed by atoms with van der Waals surface area (Å²) >= 11 is 1.93. The quantitative estimate of drug-likeness (QED) is 0.269. The van der Waals surface area contributed by atoms with Crippen molar-refractivity contribution in [3.05, 3.63) is 49.0 Å². The van der Waals surface area contributed by atoms with Gasteiger partial charge in [0.25, 0.3) is 5.91 Å². The number of aromatic hydroxyl groups is 1. The summed E-state index contributed by atoms with van der Waals surface area (Å²) in [6.45, 7) is 1.94. The molecule has 0 aromatic heterocycles. The third-order valence-corrected chi connectivity index (χ3v) is 7.97. The fourth-order valence-electron chi connectivity index (χ4n) is 5.67. The molecule has 4 atom stereocenters. The van der Waals surface area contributed by atoms with Gasteiger partial charge in [-0.2, -0.15) is 0 Å². The molecular weight excluding hydrogens is 543 g/mol. The van der Waals surface area contributed by atoms with Crippen LogP contribution >= 0.6 is 22.6 Å². The second-order valence-corrected chi connectivity index (χ2v) is 10.2. The molecule has 10 heteroatoms. The number of aliphatic hydroxyl groups excluding tert-OH is 2. The molecule has 1 aromatic rings. The molecule has 4 rings (SSSR count). The van der Waals surface area contributed by atoms with Crippen LogP contribution in [0.25, 0.3) is 0 Å². The lowest BCUT2D eigenvalue weighted by Gasteiger charge is -2.50. The number of phenols is 1. The van der Waals surface area contributed by atoms with E-state index >= 15 is 0 Å². The summed E-state index contributed by atoms with van der Waals surface area (Å²) in [6, 6.07) is 0.821. The van der Waals surface area contributed by atoms with E-state index in [4.69, 9.17) is 5.73 Å². The van der Waals surface area contributed by atoms with E-state index in [1.807, 2.05) is 35.6 Å². The smallest absolute Gasteiger partial charge is 0.255 e. The van der Waals surface area contributed by atoms with Crippen LogP contribution in [0.3, 0.4) is 0 Å². The van der Waals surface area contributed by atoms with Crippen molar-refractivity contribution in [3.8, 4) is 5.75 Å². The van der Waals surface area contributed by atoms with Gasteiger partial charge < -0.3 is 26.2 Å². The third kappa shape index (κ3) is 3.07. The molecule has 1 aromatic carbocycles. The van der Waals surface area contributed by atoms with Gasteiger partial charge in [-0.3, -0.25) is 19.3 Å². The number of aryl methyl sites for hydroxylation is 1. The van der Waals surface area contributed by atoms with Gasteiger partial charge in [0, 0.05) is 11.5 Å². The molecular formula is C23H25IN2O7. The zero-order chi connectivity index (χ0) is 24.6. The standard InChI is InChI=1S/C23H25IN2O7/c1-4-8-7-12(24)17(27)14-10(8)5-9-6-11-16(26(2)3)19(29)15(22(25)32)21(31)23(11,33)20(30)13(9)18(14)28/h7,9,11,16,27,29-30,33H,4-6H2,1-3H3,(H2,25,32)/t9-,11-,16-,23-/m1/s1. The molecule has 0 saturated carbocycles. The number of amides is 1. The number of Topliss-reactive ketones (excluding diaryl/α,β-unsaturated/α-hetero) is 2. The first-order chi connectivity index (χ1) is 15.4. The number of primary amides is 1.